The Labute approximate surface area is 119 Å². The molecule has 0 bridgehead atoms. The van der Waals surface area contributed by atoms with Gasteiger partial charge in [0.25, 0.3) is 5.91 Å². The Morgan fingerprint density at radius 2 is 2.32 bits per heavy atom. The minimum Gasteiger partial charge on any atom is -0.330 e. The van der Waals surface area contributed by atoms with Crippen LogP contribution in [0.15, 0.2) is 35.1 Å². The molecule has 0 aliphatic heterocycles. The van der Waals surface area contributed by atoms with E-state index < -0.39 is 0 Å². The van der Waals surface area contributed by atoms with Crippen molar-refractivity contribution in [2.75, 3.05) is 0 Å². The van der Waals surface area contributed by atoms with Crippen LogP contribution in [0.3, 0.4) is 0 Å². The number of nitrogens with two attached hydrogens (primary N) is 1. The first-order valence-corrected chi connectivity index (χ1v) is 6.74. The first-order valence-electron chi connectivity index (χ1n) is 5.95. The summed E-state index contributed by atoms with van der Waals surface area (Å²) >= 11 is 3.48. The highest BCUT2D eigenvalue weighted by atomic mass is 79.9. The van der Waals surface area contributed by atoms with Gasteiger partial charge in [0.15, 0.2) is 0 Å². The van der Waals surface area contributed by atoms with Crippen molar-refractivity contribution in [1.82, 2.24) is 15.0 Å². The minimum atomic E-state index is -0.302. The number of hydrazine groups is 1. The highest BCUT2D eigenvalue weighted by Gasteiger charge is 2.08. The SMILES string of the molecule is CCc1nccn1Cc1ccc(C(=O)NN)cc1Br. The number of aromatic nitrogens is 2. The third-order valence-electron chi connectivity index (χ3n) is 2.90. The van der Waals surface area contributed by atoms with Gasteiger partial charge in [-0.1, -0.05) is 28.9 Å². The lowest BCUT2D eigenvalue weighted by Crippen LogP contribution is -2.29. The standard InChI is InChI=1S/C13H15BrN4O/c1-2-12-16-5-6-18(12)8-10-4-3-9(7-11(10)14)13(19)17-15/h3-7H,2,8,15H2,1H3,(H,17,19). The second kappa shape index (κ2) is 5.99. The second-order valence-electron chi connectivity index (χ2n) is 4.10. The van der Waals surface area contributed by atoms with Gasteiger partial charge in [0.1, 0.15) is 5.82 Å². The molecule has 1 heterocycles. The fourth-order valence-electron chi connectivity index (χ4n) is 1.88. The van der Waals surface area contributed by atoms with E-state index in [-0.39, 0.29) is 5.91 Å². The van der Waals surface area contributed by atoms with E-state index in [2.05, 4.69) is 37.8 Å². The monoisotopic (exact) mass is 322 g/mol. The van der Waals surface area contributed by atoms with E-state index in [1.54, 1.807) is 18.3 Å². The molecule has 0 radical (unpaired) electrons. The average Bonchev–Trinajstić information content (AvgIpc) is 2.87. The second-order valence-corrected chi connectivity index (χ2v) is 4.96. The first kappa shape index (κ1) is 13.8. The number of nitrogens with zero attached hydrogens (tertiary/aromatic N) is 2. The van der Waals surface area contributed by atoms with Crippen molar-refractivity contribution >= 4 is 21.8 Å². The Balaban J connectivity index is 2.24. The van der Waals surface area contributed by atoms with E-state index in [0.717, 1.165) is 22.3 Å². The van der Waals surface area contributed by atoms with Crippen molar-refractivity contribution < 1.29 is 4.79 Å². The van der Waals surface area contributed by atoms with Crippen LogP contribution in [-0.4, -0.2) is 15.5 Å². The number of carbonyl (C=O) groups is 1. The molecule has 5 nitrogen and oxygen atoms in total. The van der Waals surface area contributed by atoms with Crippen LogP contribution in [0.5, 0.6) is 0 Å². The van der Waals surface area contributed by atoms with Crippen molar-refractivity contribution in [3.05, 3.63) is 52.0 Å². The Morgan fingerprint density at radius 1 is 1.53 bits per heavy atom. The van der Waals surface area contributed by atoms with E-state index in [9.17, 15) is 4.79 Å². The maximum atomic E-state index is 11.4. The molecule has 0 atom stereocenters. The van der Waals surface area contributed by atoms with Gasteiger partial charge < -0.3 is 4.57 Å². The third-order valence-corrected chi connectivity index (χ3v) is 3.64. The number of carbonyl (C=O) groups excluding carboxylic acids is 1. The summed E-state index contributed by atoms with van der Waals surface area (Å²) in [6, 6.07) is 5.43. The molecule has 0 aliphatic rings. The molecule has 0 aliphatic carbocycles. The van der Waals surface area contributed by atoms with Gasteiger partial charge in [0.05, 0.1) is 0 Å². The van der Waals surface area contributed by atoms with E-state index in [0.29, 0.717) is 12.1 Å². The van der Waals surface area contributed by atoms with Crippen LogP contribution >= 0.6 is 15.9 Å². The van der Waals surface area contributed by atoms with Crippen LogP contribution in [0, 0.1) is 0 Å². The van der Waals surface area contributed by atoms with Gasteiger partial charge in [-0.2, -0.15) is 0 Å². The molecule has 1 aromatic carbocycles. The Morgan fingerprint density at radius 3 is 2.95 bits per heavy atom. The van der Waals surface area contributed by atoms with Crippen LogP contribution in [-0.2, 0) is 13.0 Å². The van der Waals surface area contributed by atoms with Crippen molar-refractivity contribution in [1.29, 1.82) is 0 Å². The molecule has 0 saturated heterocycles. The number of hydrogen-bond donors (Lipinski definition) is 2. The van der Waals surface area contributed by atoms with Crippen molar-refractivity contribution in [3.8, 4) is 0 Å². The maximum Gasteiger partial charge on any atom is 0.265 e. The molecule has 0 unspecified atom stereocenters. The summed E-state index contributed by atoms with van der Waals surface area (Å²) in [6.45, 7) is 2.79. The number of amides is 1. The van der Waals surface area contributed by atoms with Gasteiger partial charge in [-0.15, -0.1) is 0 Å². The van der Waals surface area contributed by atoms with E-state index in [1.165, 1.54) is 0 Å². The lowest BCUT2D eigenvalue weighted by molar-refractivity contribution is 0.0953. The normalized spacial score (nSPS) is 10.5. The molecule has 6 heteroatoms. The molecule has 2 aromatic rings. The quantitative estimate of drug-likeness (QED) is 0.512. The zero-order chi connectivity index (χ0) is 13.8. The van der Waals surface area contributed by atoms with Gasteiger partial charge in [0.2, 0.25) is 0 Å². The lowest BCUT2D eigenvalue weighted by atomic mass is 10.1. The van der Waals surface area contributed by atoms with E-state index >= 15 is 0 Å². The molecule has 1 amide bonds. The number of nitrogens with one attached hydrogen (secondary N) is 1. The average molecular weight is 323 g/mol. The topological polar surface area (TPSA) is 72.9 Å². The number of benzene rings is 1. The highest BCUT2D eigenvalue weighted by molar-refractivity contribution is 9.10. The van der Waals surface area contributed by atoms with Gasteiger partial charge in [-0.05, 0) is 17.7 Å². The van der Waals surface area contributed by atoms with Crippen molar-refractivity contribution in [2.24, 2.45) is 5.84 Å². The van der Waals surface area contributed by atoms with Crippen LogP contribution in [0.2, 0.25) is 0 Å². The lowest BCUT2D eigenvalue weighted by Gasteiger charge is -2.10. The van der Waals surface area contributed by atoms with Crippen LogP contribution in [0.25, 0.3) is 0 Å². The van der Waals surface area contributed by atoms with Crippen LogP contribution < -0.4 is 11.3 Å². The number of hydrogen-bond acceptors (Lipinski definition) is 3. The van der Waals surface area contributed by atoms with Crippen molar-refractivity contribution in [3.63, 3.8) is 0 Å². The summed E-state index contributed by atoms with van der Waals surface area (Å²) in [5.74, 6) is 5.85. The summed E-state index contributed by atoms with van der Waals surface area (Å²) in [5.41, 5.74) is 3.73. The summed E-state index contributed by atoms with van der Waals surface area (Å²) in [5, 5.41) is 0. The smallest absolute Gasteiger partial charge is 0.265 e. The predicted octanol–water partition coefficient (Wildman–Crippen LogP) is 1.86. The zero-order valence-electron chi connectivity index (χ0n) is 10.6. The molecule has 0 spiro atoms. The third kappa shape index (κ3) is 3.02. The van der Waals surface area contributed by atoms with E-state index in [4.69, 9.17) is 5.84 Å². The maximum absolute atomic E-state index is 11.4. The number of halogens is 1. The summed E-state index contributed by atoms with van der Waals surface area (Å²) in [6.07, 6.45) is 4.63. The predicted molar refractivity (Wildman–Crippen MR) is 76.5 cm³/mol. The molecule has 3 N–H and O–H groups in total. The van der Waals surface area contributed by atoms with Gasteiger partial charge in [0, 0.05) is 35.4 Å². The van der Waals surface area contributed by atoms with Crippen LogP contribution in [0.4, 0.5) is 0 Å². The fraction of sp³-hybridized carbons (Fsp3) is 0.231. The van der Waals surface area contributed by atoms with E-state index in [1.807, 2.05) is 12.3 Å². The molecule has 0 fully saturated rings. The number of rotatable bonds is 4. The van der Waals surface area contributed by atoms with Gasteiger partial charge in [-0.3, -0.25) is 10.2 Å². The largest absolute Gasteiger partial charge is 0.330 e. The van der Waals surface area contributed by atoms with Gasteiger partial charge in [-0.25, -0.2) is 10.8 Å². The molecule has 0 saturated carbocycles. The minimum absolute atomic E-state index is 0.302. The molecule has 100 valence electrons. The summed E-state index contributed by atoms with van der Waals surface area (Å²) < 4.78 is 2.97. The Hall–Kier alpha value is -1.66. The Bertz CT molecular complexity index is 594. The van der Waals surface area contributed by atoms with Crippen molar-refractivity contribution in [2.45, 2.75) is 19.9 Å². The molecular formula is C13H15BrN4O. The zero-order valence-corrected chi connectivity index (χ0v) is 12.1. The number of nitrogen functional groups attached to an aromatic ring is 1. The van der Waals surface area contributed by atoms with Crippen LogP contribution in [0.1, 0.15) is 28.7 Å². The van der Waals surface area contributed by atoms with Gasteiger partial charge >= 0.3 is 0 Å². The summed E-state index contributed by atoms with van der Waals surface area (Å²) in [7, 11) is 0. The highest BCUT2D eigenvalue weighted by Crippen LogP contribution is 2.20. The summed E-state index contributed by atoms with van der Waals surface area (Å²) in [4.78, 5) is 15.7. The Kier molecular flexibility index (Phi) is 4.34. The first-order chi connectivity index (χ1) is 9.15. The number of aryl methyl sites for hydroxylation is 1. The molecular weight excluding hydrogens is 308 g/mol. The number of imidazole rings is 1. The molecule has 1 aromatic heterocycles. The molecule has 19 heavy (non-hydrogen) atoms. The fourth-order valence-corrected chi connectivity index (χ4v) is 2.39. The molecule has 2 rings (SSSR count).